The second kappa shape index (κ2) is 6.50. The molecule has 1 rings (SSSR count). The lowest BCUT2D eigenvalue weighted by Gasteiger charge is -2.13. The van der Waals surface area contributed by atoms with Gasteiger partial charge < -0.3 is 15.2 Å². The molecule has 8 nitrogen and oxygen atoms in total. The van der Waals surface area contributed by atoms with Gasteiger partial charge in [0.1, 0.15) is 5.75 Å². The molecule has 108 valence electrons. The summed E-state index contributed by atoms with van der Waals surface area (Å²) in [7, 11) is 1.29. The Labute approximate surface area is 114 Å². The standard InChI is InChI=1S/C12H14N2O6/c1-7(6-10(15)16)13-12(17)11-8(14(18)19)4-3-5-9(11)20-2/h3-5,7H,6H2,1-2H3,(H,13,17)(H,15,16). The molecule has 0 aliphatic carbocycles. The van der Waals surface area contributed by atoms with E-state index in [-0.39, 0.29) is 17.7 Å². The first kappa shape index (κ1) is 15.4. The minimum atomic E-state index is -1.08. The van der Waals surface area contributed by atoms with Crippen molar-refractivity contribution in [1.29, 1.82) is 0 Å². The molecular formula is C12H14N2O6. The molecule has 0 spiro atoms. The van der Waals surface area contributed by atoms with Gasteiger partial charge in [-0.05, 0) is 13.0 Å². The van der Waals surface area contributed by atoms with E-state index in [9.17, 15) is 19.7 Å². The van der Waals surface area contributed by atoms with E-state index < -0.39 is 28.5 Å². The van der Waals surface area contributed by atoms with Crippen molar-refractivity contribution >= 4 is 17.6 Å². The lowest BCUT2D eigenvalue weighted by Crippen LogP contribution is -2.34. The van der Waals surface area contributed by atoms with Gasteiger partial charge in [0.25, 0.3) is 11.6 Å². The number of nitro groups is 1. The Morgan fingerprint density at radius 2 is 2.15 bits per heavy atom. The maximum Gasteiger partial charge on any atom is 0.305 e. The highest BCUT2D eigenvalue weighted by molar-refractivity contribution is 6.01. The molecule has 1 amide bonds. The van der Waals surface area contributed by atoms with Gasteiger partial charge in [0.2, 0.25) is 0 Å². The fraction of sp³-hybridized carbons (Fsp3) is 0.333. The predicted octanol–water partition coefficient (Wildman–Crippen LogP) is 1.20. The van der Waals surface area contributed by atoms with Crippen LogP contribution in [-0.2, 0) is 4.79 Å². The van der Waals surface area contributed by atoms with Crippen LogP contribution < -0.4 is 10.1 Å². The van der Waals surface area contributed by atoms with E-state index in [1.54, 1.807) is 0 Å². The number of carboxylic acid groups (broad SMARTS) is 1. The van der Waals surface area contributed by atoms with Gasteiger partial charge in [-0.1, -0.05) is 6.07 Å². The minimum absolute atomic E-state index is 0.0548. The van der Waals surface area contributed by atoms with Gasteiger partial charge >= 0.3 is 5.97 Å². The lowest BCUT2D eigenvalue weighted by atomic mass is 10.1. The number of amides is 1. The highest BCUT2D eigenvalue weighted by Crippen LogP contribution is 2.28. The van der Waals surface area contributed by atoms with E-state index in [1.807, 2.05) is 0 Å². The van der Waals surface area contributed by atoms with E-state index in [0.29, 0.717) is 0 Å². The van der Waals surface area contributed by atoms with Crippen LogP contribution in [0.2, 0.25) is 0 Å². The van der Waals surface area contributed by atoms with Gasteiger partial charge in [0, 0.05) is 12.1 Å². The number of carboxylic acids is 1. The number of benzene rings is 1. The van der Waals surface area contributed by atoms with Crippen molar-refractivity contribution in [3.8, 4) is 5.75 Å². The average molecular weight is 282 g/mol. The van der Waals surface area contributed by atoms with Crippen molar-refractivity contribution in [3.63, 3.8) is 0 Å². The van der Waals surface area contributed by atoms with Crippen molar-refractivity contribution in [2.75, 3.05) is 7.11 Å². The maximum absolute atomic E-state index is 12.1. The molecule has 0 radical (unpaired) electrons. The van der Waals surface area contributed by atoms with Crippen LogP contribution in [0.5, 0.6) is 5.75 Å². The van der Waals surface area contributed by atoms with Crippen LogP contribution in [0.15, 0.2) is 18.2 Å². The summed E-state index contributed by atoms with van der Waals surface area (Å²) in [5.74, 6) is -1.77. The smallest absolute Gasteiger partial charge is 0.305 e. The number of methoxy groups -OCH3 is 1. The summed E-state index contributed by atoms with van der Waals surface area (Å²) in [6.45, 7) is 1.49. The molecule has 1 atom stereocenters. The third-order valence-corrected chi connectivity index (χ3v) is 2.51. The van der Waals surface area contributed by atoms with Crippen LogP contribution in [-0.4, -0.2) is 35.1 Å². The van der Waals surface area contributed by atoms with Crippen molar-refractivity contribution in [2.45, 2.75) is 19.4 Å². The van der Waals surface area contributed by atoms with Crippen LogP contribution in [0.4, 0.5) is 5.69 Å². The van der Waals surface area contributed by atoms with Crippen molar-refractivity contribution in [2.24, 2.45) is 0 Å². The number of nitro benzene ring substituents is 1. The average Bonchev–Trinajstić information content (AvgIpc) is 2.36. The van der Waals surface area contributed by atoms with Crippen molar-refractivity contribution < 1.29 is 24.4 Å². The van der Waals surface area contributed by atoms with Gasteiger partial charge in [-0.15, -0.1) is 0 Å². The number of carbonyl (C=O) groups excluding carboxylic acids is 1. The number of nitrogens with zero attached hydrogens (tertiary/aromatic N) is 1. The summed E-state index contributed by atoms with van der Waals surface area (Å²) < 4.78 is 4.94. The zero-order valence-corrected chi connectivity index (χ0v) is 11.0. The van der Waals surface area contributed by atoms with E-state index in [1.165, 1.54) is 32.2 Å². The molecule has 0 saturated heterocycles. The Morgan fingerprint density at radius 3 is 2.65 bits per heavy atom. The minimum Gasteiger partial charge on any atom is -0.496 e. The molecule has 0 aromatic heterocycles. The van der Waals surface area contributed by atoms with Crippen LogP contribution in [0, 0.1) is 10.1 Å². The Hall–Kier alpha value is -2.64. The summed E-state index contributed by atoms with van der Waals surface area (Å²) in [5.41, 5.74) is -0.624. The summed E-state index contributed by atoms with van der Waals surface area (Å²) in [6.07, 6.45) is -0.283. The zero-order chi connectivity index (χ0) is 15.3. The molecular weight excluding hydrogens is 268 g/mol. The molecule has 2 N–H and O–H groups in total. The fourth-order valence-electron chi connectivity index (χ4n) is 1.68. The molecule has 1 aromatic rings. The van der Waals surface area contributed by atoms with E-state index in [4.69, 9.17) is 9.84 Å². The predicted molar refractivity (Wildman–Crippen MR) is 68.8 cm³/mol. The number of rotatable bonds is 6. The second-order valence-corrected chi connectivity index (χ2v) is 4.08. The Balaban J connectivity index is 3.07. The summed E-state index contributed by atoms with van der Waals surface area (Å²) in [6, 6.07) is 3.34. The normalized spacial score (nSPS) is 11.5. The molecule has 0 saturated carbocycles. The van der Waals surface area contributed by atoms with E-state index in [0.717, 1.165) is 0 Å². The Morgan fingerprint density at radius 1 is 1.50 bits per heavy atom. The molecule has 0 aliphatic heterocycles. The van der Waals surface area contributed by atoms with Gasteiger partial charge in [0.15, 0.2) is 5.56 Å². The fourth-order valence-corrected chi connectivity index (χ4v) is 1.68. The Kier molecular flexibility index (Phi) is 5.01. The van der Waals surface area contributed by atoms with Gasteiger partial charge in [-0.2, -0.15) is 0 Å². The number of aliphatic carboxylic acids is 1. The van der Waals surface area contributed by atoms with E-state index >= 15 is 0 Å². The maximum atomic E-state index is 12.1. The van der Waals surface area contributed by atoms with Crippen LogP contribution in [0.1, 0.15) is 23.7 Å². The molecule has 1 aromatic carbocycles. The SMILES string of the molecule is COc1cccc([N+](=O)[O-])c1C(=O)NC(C)CC(=O)O. The number of carbonyl (C=O) groups is 2. The molecule has 0 aliphatic rings. The monoisotopic (exact) mass is 282 g/mol. The molecule has 0 heterocycles. The largest absolute Gasteiger partial charge is 0.496 e. The molecule has 0 fully saturated rings. The third-order valence-electron chi connectivity index (χ3n) is 2.51. The zero-order valence-electron chi connectivity index (χ0n) is 11.0. The first-order chi connectivity index (χ1) is 9.36. The first-order valence-electron chi connectivity index (χ1n) is 5.70. The second-order valence-electron chi connectivity index (χ2n) is 4.08. The van der Waals surface area contributed by atoms with Gasteiger partial charge in [-0.3, -0.25) is 19.7 Å². The first-order valence-corrected chi connectivity index (χ1v) is 5.70. The molecule has 0 bridgehead atoms. The van der Waals surface area contributed by atoms with Gasteiger partial charge in [-0.25, -0.2) is 0 Å². The number of ether oxygens (including phenoxy) is 1. The van der Waals surface area contributed by atoms with Crippen LogP contribution in [0.3, 0.4) is 0 Å². The number of nitrogens with one attached hydrogen (secondary N) is 1. The van der Waals surface area contributed by atoms with Gasteiger partial charge in [0.05, 0.1) is 18.5 Å². The quantitative estimate of drug-likeness (QED) is 0.597. The highest BCUT2D eigenvalue weighted by atomic mass is 16.6. The van der Waals surface area contributed by atoms with Crippen LogP contribution >= 0.6 is 0 Å². The number of hydrogen-bond acceptors (Lipinski definition) is 5. The molecule has 20 heavy (non-hydrogen) atoms. The molecule has 1 unspecified atom stereocenters. The van der Waals surface area contributed by atoms with Crippen molar-refractivity contribution in [3.05, 3.63) is 33.9 Å². The summed E-state index contributed by atoms with van der Waals surface area (Å²) in [5, 5.41) is 22.0. The summed E-state index contributed by atoms with van der Waals surface area (Å²) in [4.78, 5) is 32.8. The molecule has 8 heteroatoms. The number of hydrogen-bond donors (Lipinski definition) is 2. The summed E-state index contributed by atoms with van der Waals surface area (Å²) >= 11 is 0. The third kappa shape index (κ3) is 3.67. The Bertz CT molecular complexity index is 543. The van der Waals surface area contributed by atoms with Crippen molar-refractivity contribution in [1.82, 2.24) is 5.32 Å². The lowest BCUT2D eigenvalue weighted by molar-refractivity contribution is -0.385. The topological polar surface area (TPSA) is 119 Å². The van der Waals surface area contributed by atoms with E-state index in [2.05, 4.69) is 5.32 Å². The van der Waals surface area contributed by atoms with Crippen LogP contribution in [0.25, 0.3) is 0 Å². The highest BCUT2D eigenvalue weighted by Gasteiger charge is 2.26.